The Kier molecular flexibility index (Phi) is 3.59. The number of ether oxygens (including phenoxy) is 2. The van der Waals surface area contributed by atoms with Gasteiger partial charge in [0.1, 0.15) is 0 Å². The lowest BCUT2D eigenvalue weighted by atomic mass is 10.1. The third-order valence-corrected chi connectivity index (χ3v) is 1.67. The fourth-order valence-electron chi connectivity index (χ4n) is 0.959. The van der Waals surface area contributed by atoms with Crippen molar-refractivity contribution in [1.29, 1.82) is 0 Å². The highest BCUT2D eigenvalue weighted by atomic mass is 19.1. The number of benzene rings is 1. The zero-order chi connectivity index (χ0) is 10.6. The summed E-state index contributed by atoms with van der Waals surface area (Å²) in [6.07, 6.45) is 0. The first kappa shape index (κ1) is 10.7. The Hall–Kier alpha value is -1.42. The van der Waals surface area contributed by atoms with Gasteiger partial charge < -0.3 is 9.47 Å². The normalized spacial score (nSPS) is 9.93. The summed E-state index contributed by atoms with van der Waals surface area (Å²) in [5.74, 6) is -0.659. The van der Waals surface area contributed by atoms with Crippen LogP contribution in [-0.2, 0) is 4.74 Å². The van der Waals surface area contributed by atoms with Gasteiger partial charge in [0.2, 0.25) is 0 Å². The van der Waals surface area contributed by atoms with Crippen molar-refractivity contribution >= 4 is 5.78 Å². The maximum Gasteiger partial charge on any atom is 0.188 e. The molecule has 0 atom stereocenters. The summed E-state index contributed by atoms with van der Waals surface area (Å²) >= 11 is 0. The average Bonchev–Trinajstić information content (AvgIpc) is 2.15. The summed E-state index contributed by atoms with van der Waals surface area (Å²) in [5.41, 5.74) is 0.326. The van der Waals surface area contributed by atoms with Crippen LogP contribution in [0.3, 0.4) is 0 Å². The molecule has 0 fully saturated rings. The summed E-state index contributed by atoms with van der Waals surface area (Å²) in [7, 11) is 1.45. The van der Waals surface area contributed by atoms with Crippen LogP contribution >= 0.6 is 0 Å². The van der Waals surface area contributed by atoms with Crippen molar-refractivity contribution in [1.82, 2.24) is 0 Å². The van der Waals surface area contributed by atoms with Gasteiger partial charge in [-0.05, 0) is 25.1 Å². The molecule has 0 spiro atoms. The minimum atomic E-state index is -0.560. The first-order valence-electron chi connectivity index (χ1n) is 4.07. The van der Waals surface area contributed by atoms with Crippen molar-refractivity contribution in [3.8, 4) is 5.75 Å². The van der Waals surface area contributed by atoms with Gasteiger partial charge in [0.05, 0.1) is 0 Å². The van der Waals surface area contributed by atoms with Crippen LogP contribution in [0.4, 0.5) is 4.39 Å². The van der Waals surface area contributed by atoms with Gasteiger partial charge in [-0.25, -0.2) is 4.39 Å². The summed E-state index contributed by atoms with van der Waals surface area (Å²) in [4.78, 5) is 10.9. The second-order valence-electron chi connectivity index (χ2n) is 2.75. The standard InChI is InChI=1S/C10H11FO3/c1-7(12)8-3-4-10(9(11)5-8)14-6-13-2/h3-5H,6H2,1-2H3. The first-order valence-corrected chi connectivity index (χ1v) is 4.07. The molecular weight excluding hydrogens is 187 g/mol. The van der Waals surface area contributed by atoms with Gasteiger partial charge in [0, 0.05) is 12.7 Å². The van der Waals surface area contributed by atoms with E-state index in [2.05, 4.69) is 4.74 Å². The molecule has 1 aromatic carbocycles. The third-order valence-electron chi connectivity index (χ3n) is 1.67. The lowest BCUT2D eigenvalue weighted by Gasteiger charge is -2.06. The molecule has 0 aliphatic carbocycles. The Morgan fingerprint density at radius 3 is 2.71 bits per heavy atom. The van der Waals surface area contributed by atoms with Crippen molar-refractivity contribution in [2.24, 2.45) is 0 Å². The highest BCUT2D eigenvalue weighted by Crippen LogP contribution is 2.18. The van der Waals surface area contributed by atoms with Crippen LogP contribution in [0.1, 0.15) is 17.3 Å². The highest BCUT2D eigenvalue weighted by Gasteiger charge is 2.06. The molecule has 0 heterocycles. The smallest absolute Gasteiger partial charge is 0.188 e. The van der Waals surface area contributed by atoms with E-state index in [0.717, 1.165) is 6.07 Å². The van der Waals surface area contributed by atoms with Crippen LogP contribution in [0, 0.1) is 5.82 Å². The van der Waals surface area contributed by atoms with E-state index in [1.54, 1.807) is 0 Å². The number of halogens is 1. The SMILES string of the molecule is COCOc1ccc(C(C)=O)cc1F. The molecular formula is C10H11FO3. The fraction of sp³-hybridized carbons (Fsp3) is 0.300. The lowest BCUT2D eigenvalue weighted by Crippen LogP contribution is -2.02. The van der Waals surface area contributed by atoms with E-state index in [1.807, 2.05) is 0 Å². The monoisotopic (exact) mass is 198 g/mol. The predicted molar refractivity (Wildman–Crippen MR) is 48.9 cm³/mol. The predicted octanol–water partition coefficient (Wildman–Crippen LogP) is 2.01. The van der Waals surface area contributed by atoms with Gasteiger partial charge in [-0.1, -0.05) is 0 Å². The summed E-state index contributed by atoms with van der Waals surface area (Å²) < 4.78 is 22.7. The molecule has 14 heavy (non-hydrogen) atoms. The van der Waals surface area contributed by atoms with Crippen molar-refractivity contribution in [3.05, 3.63) is 29.6 Å². The molecule has 0 bridgehead atoms. The summed E-state index contributed by atoms with van der Waals surface area (Å²) in [6, 6.07) is 4.06. The Labute approximate surface area is 81.4 Å². The van der Waals surface area contributed by atoms with Gasteiger partial charge in [-0.3, -0.25) is 4.79 Å². The molecule has 1 rings (SSSR count). The summed E-state index contributed by atoms with van der Waals surface area (Å²) in [6.45, 7) is 1.36. The van der Waals surface area contributed by atoms with Gasteiger partial charge in [-0.2, -0.15) is 0 Å². The number of carbonyl (C=O) groups excluding carboxylic acids is 1. The molecule has 0 aromatic heterocycles. The van der Waals surface area contributed by atoms with Crippen LogP contribution in [0.25, 0.3) is 0 Å². The van der Waals surface area contributed by atoms with E-state index in [1.165, 1.54) is 26.2 Å². The average molecular weight is 198 g/mol. The lowest BCUT2D eigenvalue weighted by molar-refractivity contribution is 0.0483. The first-order chi connectivity index (χ1) is 6.65. The topological polar surface area (TPSA) is 35.5 Å². The molecule has 0 saturated heterocycles. The number of rotatable bonds is 4. The molecule has 0 N–H and O–H groups in total. The summed E-state index contributed by atoms with van der Waals surface area (Å²) in [5, 5.41) is 0. The van der Waals surface area contributed by atoms with Crippen LogP contribution in [0.15, 0.2) is 18.2 Å². The second kappa shape index (κ2) is 4.72. The molecule has 1 aromatic rings. The molecule has 0 saturated carbocycles. The van der Waals surface area contributed by atoms with Crippen molar-refractivity contribution in [3.63, 3.8) is 0 Å². The number of hydrogen-bond donors (Lipinski definition) is 0. The minimum Gasteiger partial charge on any atom is -0.464 e. The molecule has 0 amide bonds. The van der Waals surface area contributed by atoms with E-state index in [4.69, 9.17) is 4.74 Å². The van der Waals surface area contributed by atoms with E-state index < -0.39 is 5.82 Å². The quantitative estimate of drug-likeness (QED) is 0.548. The van der Waals surface area contributed by atoms with Crippen LogP contribution in [0.5, 0.6) is 5.75 Å². The molecule has 0 aliphatic heterocycles. The van der Waals surface area contributed by atoms with Crippen LogP contribution in [0.2, 0.25) is 0 Å². The third kappa shape index (κ3) is 2.53. The Morgan fingerprint density at radius 1 is 1.50 bits per heavy atom. The van der Waals surface area contributed by atoms with Gasteiger partial charge in [0.15, 0.2) is 24.1 Å². The Bertz CT molecular complexity index is 336. The van der Waals surface area contributed by atoms with Crippen molar-refractivity contribution in [2.75, 3.05) is 13.9 Å². The number of Topliss-reactive ketones (excluding diaryl/α,β-unsaturated/α-hetero) is 1. The zero-order valence-corrected chi connectivity index (χ0v) is 8.04. The largest absolute Gasteiger partial charge is 0.464 e. The molecule has 0 radical (unpaired) electrons. The van der Waals surface area contributed by atoms with Crippen molar-refractivity contribution in [2.45, 2.75) is 6.92 Å². The van der Waals surface area contributed by atoms with Crippen molar-refractivity contribution < 1.29 is 18.7 Å². The minimum absolute atomic E-state index is 0.0175. The van der Waals surface area contributed by atoms with E-state index >= 15 is 0 Å². The second-order valence-corrected chi connectivity index (χ2v) is 2.75. The number of methoxy groups -OCH3 is 1. The maximum absolute atomic E-state index is 13.2. The molecule has 4 heteroatoms. The fourth-order valence-corrected chi connectivity index (χ4v) is 0.959. The van der Waals surface area contributed by atoms with Gasteiger partial charge >= 0.3 is 0 Å². The van der Waals surface area contributed by atoms with Crippen LogP contribution in [-0.4, -0.2) is 19.7 Å². The number of ketones is 1. The number of hydrogen-bond acceptors (Lipinski definition) is 3. The van der Waals surface area contributed by atoms with E-state index in [-0.39, 0.29) is 18.3 Å². The molecule has 0 aliphatic rings. The Balaban J connectivity index is 2.84. The van der Waals surface area contributed by atoms with E-state index in [0.29, 0.717) is 5.56 Å². The molecule has 0 unspecified atom stereocenters. The van der Waals surface area contributed by atoms with Gasteiger partial charge in [0.25, 0.3) is 0 Å². The number of carbonyl (C=O) groups is 1. The maximum atomic E-state index is 13.2. The van der Waals surface area contributed by atoms with Crippen LogP contribution < -0.4 is 4.74 Å². The van der Waals surface area contributed by atoms with Gasteiger partial charge in [-0.15, -0.1) is 0 Å². The zero-order valence-electron chi connectivity index (χ0n) is 8.04. The molecule has 3 nitrogen and oxygen atoms in total. The van der Waals surface area contributed by atoms with E-state index in [9.17, 15) is 9.18 Å². The Morgan fingerprint density at radius 2 is 2.21 bits per heavy atom. The molecule has 76 valence electrons. The highest BCUT2D eigenvalue weighted by molar-refractivity contribution is 5.94.